The van der Waals surface area contributed by atoms with Crippen LogP contribution in [0.25, 0.3) is 0 Å². The number of hydrogen-bond acceptors (Lipinski definition) is 4. The molecular formula is C24H32ClN3O4S. The molecule has 2 aromatic carbocycles. The molecule has 0 saturated heterocycles. The van der Waals surface area contributed by atoms with Crippen LogP contribution in [0.1, 0.15) is 38.3 Å². The number of carbonyl (C=O) groups is 2. The smallest absolute Gasteiger partial charge is 0.244 e. The minimum absolute atomic E-state index is 0.0436. The van der Waals surface area contributed by atoms with Crippen molar-refractivity contribution in [1.29, 1.82) is 0 Å². The zero-order valence-electron chi connectivity index (χ0n) is 19.7. The lowest BCUT2D eigenvalue weighted by molar-refractivity contribution is -0.139. The summed E-state index contributed by atoms with van der Waals surface area (Å²) in [7, 11) is -3.76. The first-order valence-corrected chi connectivity index (χ1v) is 13.0. The molecule has 0 aliphatic carbocycles. The largest absolute Gasteiger partial charge is 0.352 e. The van der Waals surface area contributed by atoms with Crippen molar-refractivity contribution in [2.75, 3.05) is 17.1 Å². The molecule has 9 heteroatoms. The number of benzene rings is 2. The lowest BCUT2D eigenvalue weighted by Gasteiger charge is -2.32. The Balaban J connectivity index is 2.36. The maximum atomic E-state index is 13.4. The third kappa shape index (κ3) is 7.75. The third-order valence-corrected chi connectivity index (χ3v) is 6.83. The van der Waals surface area contributed by atoms with Gasteiger partial charge in [-0.05, 0) is 57.0 Å². The number of sulfonamides is 1. The highest BCUT2D eigenvalue weighted by Crippen LogP contribution is 2.21. The van der Waals surface area contributed by atoms with E-state index < -0.39 is 28.5 Å². The summed E-state index contributed by atoms with van der Waals surface area (Å²) >= 11 is 5.93. The number of carbonyl (C=O) groups excluding carboxylic acids is 2. The number of anilines is 1. The fraction of sp³-hybridized carbons (Fsp3) is 0.417. The van der Waals surface area contributed by atoms with Gasteiger partial charge >= 0.3 is 0 Å². The topological polar surface area (TPSA) is 86.8 Å². The third-order valence-electron chi connectivity index (χ3n) is 5.44. The molecule has 0 saturated carbocycles. The lowest BCUT2D eigenvalue weighted by Crippen LogP contribution is -2.52. The summed E-state index contributed by atoms with van der Waals surface area (Å²) in [4.78, 5) is 27.7. The molecule has 0 bridgehead atoms. The Bertz CT molecular complexity index is 1060. The summed E-state index contributed by atoms with van der Waals surface area (Å²) in [6, 6.07) is 13.0. The highest BCUT2D eigenvalue weighted by atomic mass is 35.5. The van der Waals surface area contributed by atoms with Crippen molar-refractivity contribution in [2.24, 2.45) is 0 Å². The normalized spacial score (nSPS) is 13.2. The van der Waals surface area contributed by atoms with Crippen molar-refractivity contribution in [2.45, 2.75) is 52.7 Å². The summed E-state index contributed by atoms with van der Waals surface area (Å²) < 4.78 is 26.0. The second-order valence-electron chi connectivity index (χ2n) is 8.25. The molecule has 0 unspecified atom stereocenters. The molecule has 0 aliphatic heterocycles. The van der Waals surface area contributed by atoms with E-state index in [1.165, 1.54) is 4.90 Å². The van der Waals surface area contributed by atoms with Gasteiger partial charge in [-0.2, -0.15) is 0 Å². The molecule has 33 heavy (non-hydrogen) atoms. The molecule has 0 fully saturated rings. The van der Waals surface area contributed by atoms with Gasteiger partial charge < -0.3 is 10.2 Å². The zero-order chi connectivity index (χ0) is 24.8. The molecule has 0 radical (unpaired) electrons. The minimum Gasteiger partial charge on any atom is -0.352 e. The summed E-state index contributed by atoms with van der Waals surface area (Å²) in [6.07, 6.45) is 1.79. The first-order valence-electron chi connectivity index (χ1n) is 10.8. The van der Waals surface area contributed by atoms with Gasteiger partial charge in [-0.25, -0.2) is 8.42 Å². The van der Waals surface area contributed by atoms with E-state index in [9.17, 15) is 18.0 Å². The average Bonchev–Trinajstić information content (AvgIpc) is 2.76. The predicted octanol–water partition coefficient (Wildman–Crippen LogP) is 3.75. The zero-order valence-corrected chi connectivity index (χ0v) is 21.3. The monoisotopic (exact) mass is 493 g/mol. The van der Waals surface area contributed by atoms with Gasteiger partial charge in [0.15, 0.2) is 0 Å². The van der Waals surface area contributed by atoms with Crippen molar-refractivity contribution < 1.29 is 18.0 Å². The Labute approximate surface area is 201 Å². The highest BCUT2D eigenvalue weighted by molar-refractivity contribution is 7.92. The Morgan fingerprint density at radius 3 is 2.12 bits per heavy atom. The Morgan fingerprint density at radius 1 is 1.03 bits per heavy atom. The molecule has 0 aliphatic rings. The van der Waals surface area contributed by atoms with E-state index in [-0.39, 0.29) is 18.5 Å². The van der Waals surface area contributed by atoms with Crippen molar-refractivity contribution in [3.63, 3.8) is 0 Å². The van der Waals surface area contributed by atoms with E-state index in [0.717, 1.165) is 28.1 Å². The van der Waals surface area contributed by atoms with Gasteiger partial charge in [0.05, 0.1) is 11.9 Å². The van der Waals surface area contributed by atoms with E-state index >= 15 is 0 Å². The molecule has 2 amide bonds. The number of nitrogens with zero attached hydrogens (tertiary/aromatic N) is 2. The van der Waals surface area contributed by atoms with Gasteiger partial charge in [-0.3, -0.25) is 13.9 Å². The molecule has 2 aromatic rings. The maximum Gasteiger partial charge on any atom is 0.244 e. The van der Waals surface area contributed by atoms with Crippen molar-refractivity contribution in [1.82, 2.24) is 10.2 Å². The Morgan fingerprint density at radius 2 is 1.61 bits per heavy atom. The van der Waals surface area contributed by atoms with Crippen LogP contribution in [0, 0.1) is 6.92 Å². The van der Waals surface area contributed by atoms with E-state index in [1.807, 2.05) is 45.0 Å². The first-order chi connectivity index (χ1) is 15.4. The summed E-state index contributed by atoms with van der Waals surface area (Å²) in [5.74, 6) is -0.773. The molecule has 2 atom stereocenters. The molecule has 0 spiro atoms. The summed E-state index contributed by atoms with van der Waals surface area (Å²) in [6.45, 7) is 7.20. The van der Waals surface area contributed by atoms with Crippen LogP contribution in [0.5, 0.6) is 0 Å². The van der Waals surface area contributed by atoms with Gasteiger partial charge in [0.25, 0.3) is 0 Å². The van der Waals surface area contributed by atoms with Crippen LogP contribution >= 0.6 is 11.6 Å². The van der Waals surface area contributed by atoms with Crippen LogP contribution in [0.15, 0.2) is 48.5 Å². The number of amides is 2. The van der Waals surface area contributed by atoms with Crippen LogP contribution < -0.4 is 9.62 Å². The number of aryl methyl sites for hydroxylation is 1. The van der Waals surface area contributed by atoms with E-state index in [1.54, 1.807) is 31.2 Å². The number of nitrogens with one attached hydrogen (secondary N) is 1. The standard InChI is InChI=1S/C24H32ClN3O4S/c1-6-18(3)26-24(30)19(4)27(15-20-9-7-17(2)8-10-20)23(29)16-28(33(5,31)32)22-13-11-21(25)12-14-22/h7-14,18-19H,6,15-16H2,1-5H3,(H,26,30)/t18-,19-/m1/s1. The molecule has 180 valence electrons. The van der Waals surface area contributed by atoms with E-state index in [2.05, 4.69) is 5.32 Å². The lowest BCUT2D eigenvalue weighted by atomic mass is 10.1. The number of rotatable bonds is 10. The maximum absolute atomic E-state index is 13.4. The molecular weight excluding hydrogens is 462 g/mol. The minimum atomic E-state index is -3.76. The molecule has 0 aromatic heterocycles. The molecule has 1 N–H and O–H groups in total. The van der Waals surface area contributed by atoms with Crippen molar-refractivity contribution >= 4 is 39.1 Å². The summed E-state index contributed by atoms with van der Waals surface area (Å²) in [5.41, 5.74) is 2.24. The number of halogens is 1. The van der Waals surface area contributed by atoms with Gasteiger partial charge in [0.1, 0.15) is 12.6 Å². The van der Waals surface area contributed by atoms with Gasteiger partial charge in [-0.1, -0.05) is 48.4 Å². The van der Waals surface area contributed by atoms with Crippen LogP contribution in [0.2, 0.25) is 5.02 Å². The van der Waals surface area contributed by atoms with Crippen molar-refractivity contribution in [3.8, 4) is 0 Å². The molecule has 2 rings (SSSR count). The summed E-state index contributed by atoms with van der Waals surface area (Å²) in [5, 5.41) is 3.36. The van der Waals surface area contributed by atoms with Crippen LogP contribution in [0.3, 0.4) is 0 Å². The average molecular weight is 494 g/mol. The SMILES string of the molecule is CC[C@@H](C)NC(=O)[C@@H](C)N(Cc1ccc(C)cc1)C(=O)CN(c1ccc(Cl)cc1)S(C)(=O)=O. The fourth-order valence-corrected chi connectivity index (χ4v) is 4.13. The van der Waals surface area contributed by atoms with Gasteiger partial charge in [0, 0.05) is 17.6 Å². The van der Waals surface area contributed by atoms with Gasteiger partial charge in [0.2, 0.25) is 21.8 Å². The van der Waals surface area contributed by atoms with E-state index in [4.69, 9.17) is 11.6 Å². The van der Waals surface area contributed by atoms with Crippen molar-refractivity contribution in [3.05, 3.63) is 64.7 Å². The molecule has 7 nitrogen and oxygen atoms in total. The fourth-order valence-electron chi connectivity index (χ4n) is 3.16. The number of hydrogen-bond donors (Lipinski definition) is 1. The second kappa shape index (κ2) is 11.5. The van der Waals surface area contributed by atoms with Crippen LogP contribution in [0.4, 0.5) is 5.69 Å². The highest BCUT2D eigenvalue weighted by Gasteiger charge is 2.30. The Hall–Kier alpha value is -2.58. The van der Waals surface area contributed by atoms with Gasteiger partial charge in [-0.15, -0.1) is 0 Å². The Kier molecular flexibility index (Phi) is 9.31. The second-order valence-corrected chi connectivity index (χ2v) is 10.6. The van der Waals surface area contributed by atoms with Crippen LogP contribution in [-0.2, 0) is 26.2 Å². The molecule has 0 heterocycles. The quantitative estimate of drug-likeness (QED) is 0.546. The van der Waals surface area contributed by atoms with E-state index in [0.29, 0.717) is 10.7 Å². The first kappa shape index (κ1) is 26.7. The predicted molar refractivity (Wildman–Crippen MR) is 133 cm³/mol. The van der Waals surface area contributed by atoms with Crippen LogP contribution in [-0.4, -0.2) is 50.0 Å².